The van der Waals surface area contributed by atoms with Crippen LogP contribution in [0.15, 0.2) is 97.2 Å². The molecule has 15 nitrogen and oxygen atoms in total. The molecule has 0 amide bonds. The molecule has 0 aromatic carbocycles. The zero-order valence-corrected chi connectivity index (χ0v) is 39.4. The lowest BCUT2D eigenvalue weighted by Crippen LogP contribution is -2.64. The van der Waals surface area contributed by atoms with Crippen molar-refractivity contribution >= 4 is 19.8 Å². The Bertz CT molecular complexity index is 1540. The summed E-state index contributed by atoms with van der Waals surface area (Å²) >= 11 is 0. The highest BCUT2D eigenvalue weighted by atomic mass is 31.2. The van der Waals surface area contributed by atoms with Crippen LogP contribution in [0.25, 0.3) is 0 Å². The van der Waals surface area contributed by atoms with Crippen LogP contribution in [-0.4, -0.2) is 121 Å². The van der Waals surface area contributed by atoms with E-state index in [0.29, 0.717) is 12.8 Å². The first kappa shape index (κ1) is 59.7. The van der Waals surface area contributed by atoms with Crippen LogP contribution < -0.4 is 0 Å². The fourth-order valence-electron chi connectivity index (χ4n) is 6.29. The van der Waals surface area contributed by atoms with Crippen LogP contribution >= 0.6 is 7.82 Å². The molecule has 1 saturated carbocycles. The number of hydrogen-bond donors (Lipinski definition) is 8. The van der Waals surface area contributed by atoms with Crippen molar-refractivity contribution in [3.63, 3.8) is 0 Å². The van der Waals surface area contributed by atoms with E-state index >= 15 is 0 Å². The summed E-state index contributed by atoms with van der Waals surface area (Å²) in [5.74, 6) is -1.38. The number of carbonyl (C=O) groups excluding carboxylic acids is 2. The first-order valence-electron chi connectivity index (χ1n) is 23.3. The molecule has 0 radical (unpaired) electrons. The van der Waals surface area contributed by atoms with Crippen LogP contribution in [0, 0.1) is 0 Å². The van der Waals surface area contributed by atoms with Gasteiger partial charge in [0.1, 0.15) is 43.2 Å². The zero-order chi connectivity index (χ0) is 48.1. The van der Waals surface area contributed by atoms with E-state index < -0.39 is 87.9 Å². The van der Waals surface area contributed by atoms with E-state index in [1.54, 1.807) is 36.5 Å². The average molecular weight is 939 g/mol. The van der Waals surface area contributed by atoms with Crippen molar-refractivity contribution < 1.29 is 73.3 Å². The van der Waals surface area contributed by atoms with Gasteiger partial charge in [-0.15, -0.1) is 0 Å². The smallest absolute Gasteiger partial charge is 0.462 e. The summed E-state index contributed by atoms with van der Waals surface area (Å²) in [5, 5.41) is 70.5. The molecule has 1 fully saturated rings. The SMILES string of the molecule is CC/C=C\C/C=C\C/C=C\C/C=C\CCCCCCC(=O)O[C@H](COC(=O)CCC[C@H](O)\C=C/C=C/C=C/[C@H](O)C/C=C\CCCCC)COP(=O)(O)OC1[C@H](O)[C@H](O)C(O)[C@H](O)[C@H]1O. The van der Waals surface area contributed by atoms with Crippen LogP contribution in [0.5, 0.6) is 0 Å². The first-order chi connectivity index (χ1) is 31.2. The van der Waals surface area contributed by atoms with E-state index in [9.17, 15) is 54.8 Å². The fourth-order valence-corrected chi connectivity index (χ4v) is 7.27. The second kappa shape index (κ2) is 37.7. The van der Waals surface area contributed by atoms with E-state index in [1.807, 2.05) is 6.08 Å². The van der Waals surface area contributed by atoms with Gasteiger partial charge >= 0.3 is 19.8 Å². The Morgan fingerprint density at radius 3 is 1.72 bits per heavy atom. The molecule has 0 bridgehead atoms. The van der Waals surface area contributed by atoms with Crippen molar-refractivity contribution in [3.8, 4) is 0 Å². The van der Waals surface area contributed by atoms with E-state index in [0.717, 1.165) is 64.2 Å². The zero-order valence-electron chi connectivity index (χ0n) is 38.5. The quantitative estimate of drug-likeness (QED) is 0.0104. The summed E-state index contributed by atoms with van der Waals surface area (Å²) in [7, 11) is -5.19. The molecule has 0 spiro atoms. The standard InChI is InChI=1S/C49H79O15P/c1-3-5-7-9-11-12-13-14-15-16-17-18-19-20-21-23-29-35-43(53)63-41(38-62-65(59,60)64-49-47(57)45(55)44(54)46(56)48(49)58)37-61-42(52)36-30-34-40(51)33-28-25-24-27-32-39(50)31-26-22-10-8-6-4-2/h5,7,11-12,14-15,17-18,22,24-28,32-33,39-41,44-51,54-58H,3-4,6,8-10,13,16,19-21,23,29-31,34-38H2,1-2H3,(H,59,60)/b7-5-,12-11-,15-14-,18-17-,25-24+,26-22-,32-27+,33-28-/t39-,40-,41-,44?,45-,46+,47-,48-,49?/m1/s1. The molecule has 0 saturated heterocycles. The van der Waals surface area contributed by atoms with E-state index in [1.165, 1.54) is 12.8 Å². The monoisotopic (exact) mass is 939 g/mol. The molecule has 0 aliphatic heterocycles. The van der Waals surface area contributed by atoms with Gasteiger partial charge in [-0.2, -0.15) is 0 Å². The van der Waals surface area contributed by atoms with Crippen LogP contribution in [0.4, 0.5) is 0 Å². The third-order valence-electron chi connectivity index (χ3n) is 10.1. The minimum absolute atomic E-state index is 0.00987. The summed E-state index contributed by atoms with van der Waals surface area (Å²) in [6.07, 6.45) is 29.3. The molecule has 8 N–H and O–H groups in total. The van der Waals surface area contributed by atoms with Crippen molar-refractivity contribution in [1.29, 1.82) is 0 Å². The lowest BCUT2D eigenvalue weighted by atomic mass is 9.85. The summed E-state index contributed by atoms with van der Waals surface area (Å²) in [5.41, 5.74) is 0. The molecular formula is C49H79O15P. The number of carbonyl (C=O) groups is 2. The molecule has 65 heavy (non-hydrogen) atoms. The van der Waals surface area contributed by atoms with E-state index in [2.05, 4.69) is 68.5 Å². The van der Waals surface area contributed by atoms with E-state index in [-0.39, 0.29) is 25.7 Å². The number of ether oxygens (including phenoxy) is 2. The number of hydrogen-bond acceptors (Lipinski definition) is 14. The first-order valence-corrected chi connectivity index (χ1v) is 24.8. The third kappa shape index (κ3) is 30.6. The molecule has 0 aromatic heterocycles. The molecule has 10 atom stereocenters. The van der Waals surface area contributed by atoms with Gasteiger partial charge in [0, 0.05) is 12.8 Å². The number of phosphoric ester groups is 1. The Balaban J connectivity index is 2.60. The highest BCUT2D eigenvalue weighted by molar-refractivity contribution is 7.47. The maximum absolute atomic E-state index is 12.8. The van der Waals surface area contributed by atoms with Gasteiger partial charge in [0.15, 0.2) is 6.10 Å². The molecule has 370 valence electrons. The van der Waals surface area contributed by atoms with Crippen molar-refractivity contribution in [2.24, 2.45) is 0 Å². The largest absolute Gasteiger partial charge is 0.472 e. The second-order valence-electron chi connectivity index (χ2n) is 15.9. The van der Waals surface area contributed by atoms with Gasteiger partial charge in [-0.05, 0) is 77.0 Å². The maximum Gasteiger partial charge on any atom is 0.472 e. The van der Waals surface area contributed by atoms with Crippen LogP contribution in [-0.2, 0) is 32.7 Å². The van der Waals surface area contributed by atoms with Gasteiger partial charge in [-0.1, -0.05) is 137 Å². The molecule has 1 aliphatic rings. The number of rotatable bonds is 36. The van der Waals surface area contributed by atoms with Crippen molar-refractivity contribution in [2.75, 3.05) is 13.2 Å². The van der Waals surface area contributed by atoms with Crippen LogP contribution in [0.3, 0.4) is 0 Å². The normalized spacial score (nSPS) is 23.3. The number of phosphoric acid groups is 1. The highest BCUT2D eigenvalue weighted by Crippen LogP contribution is 2.47. The summed E-state index contributed by atoms with van der Waals surface area (Å²) < 4.78 is 33.3. The predicted octanol–water partition coefficient (Wildman–Crippen LogP) is 6.99. The maximum atomic E-state index is 12.8. The minimum Gasteiger partial charge on any atom is -0.462 e. The Morgan fingerprint density at radius 2 is 1.11 bits per heavy atom. The second-order valence-corrected chi connectivity index (χ2v) is 17.3. The van der Waals surface area contributed by atoms with Gasteiger partial charge in [0.2, 0.25) is 0 Å². The molecule has 0 aromatic rings. The van der Waals surface area contributed by atoms with Gasteiger partial charge in [-0.3, -0.25) is 18.6 Å². The van der Waals surface area contributed by atoms with E-state index in [4.69, 9.17) is 18.5 Å². The van der Waals surface area contributed by atoms with Crippen molar-refractivity contribution in [1.82, 2.24) is 0 Å². The van der Waals surface area contributed by atoms with Gasteiger partial charge in [0.05, 0.1) is 18.8 Å². The Labute approximate surface area is 386 Å². The topological polar surface area (TPSA) is 250 Å². The average Bonchev–Trinajstić information content (AvgIpc) is 3.28. The van der Waals surface area contributed by atoms with Gasteiger partial charge in [-0.25, -0.2) is 4.57 Å². The Hall–Kier alpha value is -3.31. The number of esters is 2. The number of unbranched alkanes of at least 4 members (excludes halogenated alkanes) is 7. The lowest BCUT2D eigenvalue weighted by Gasteiger charge is -2.41. The summed E-state index contributed by atoms with van der Waals surface area (Å²) in [6.45, 7) is 2.88. The number of aliphatic hydroxyl groups is 7. The molecule has 1 aliphatic carbocycles. The van der Waals surface area contributed by atoms with Gasteiger partial charge < -0.3 is 50.1 Å². The van der Waals surface area contributed by atoms with Crippen LogP contribution in [0.1, 0.15) is 129 Å². The van der Waals surface area contributed by atoms with Gasteiger partial charge in [0.25, 0.3) is 0 Å². The summed E-state index contributed by atoms with van der Waals surface area (Å²) in [6, 6.07) is 0. The lowest BCUT2D eigenvalue weighted by molar-refractivity contribution is -0.220. The van der Waals surface area contributed by atoms with Crippen LogP contribution in [0.2, 0.25) is 0 Å². The Kier molecular flexibility index (Phi) is 34.7. The molecule has 3 unspecified atom stereocenters. The molecule has 16 heteroatoms. The van der Waals surface area contributed by atoms with Crippen molar-refractivity contribution in [2.45, 2.75) is 184 Å². The summed E-state index contributed by atoms with van der Waals surface area (Å²) in [4.78, 5) is 35.7. The van der Waals surface area contributed by atoms with Crippen molar-refractivity contribution in [3.05, 3.63) is 97.2 Å². The molecule has 1 rings (SSSR count). The molecular weight excluding hydrogens is 859 g/mol. The minimum atomic E-state index is -5.19. The predicted molar refractivity (Wildman–Crippen MR) is 251 cm³/mol. The number of aliphatic hydroxyl groups excluding tert-OH is 7. The third-order valence-corrected chi connectivity index (χ3v) is 11.1. The molecule has 0 heterocycles. The number of allylic oxidation sites excluding steroid dienone is 13. The Morgan fingerprint density at radius 1 is 0.585 bits per heavy atom. The highest BCUT2D eigenvalue weighted by Gasteiger charge is 2.51. The fraction of sp³-hybridized carbons (Fsp3) is 0.633.